The second-order valence-electron chi connectivity index (χ2n) is 8.74. The molecule has 154 valence electrons. The SMILES string of the molecule is Cc1nc(C(C)(C)C)oc1C(=O)N1CCc2[nH]cnc2[C@H]1c1cc2ccccn2n1. The third kappa shape index (κ3) is 2.91. The molecule has 1 atom stereocenters. The molecule has 4 aromatic heterocycles. The number of aromatic amines is 1. The zero-order valence-corrected chi connectivity index (χ0v) is 17.5. The van der Waals surface area contributed by atoms with Crippen LogP contribution in [0.1, 0.15) is 66.0 Å². The molecule has 1 aliphatic heterocycles. The fourth-order valence-electron chi connectivity index (χ4n) is 3.93. The molecule has 5 heterocycles. The average molecular weight is 404 g/mol. The maximum absolute atomic E-state index is 13.6. The summed E-state index contributed by atoms with van der Waals surface area (Å²) < 4.78 is 7.77. The van der Waals surface area contributed by atoms with Crippen LogP contribution in [0.5, 0.6) is 0 Å². The minimum Gasteiger partial charge on any atom is -0.435 e. The van der Waals surface area contributed by atoms with Crippen molar-refractivity contribution in [3.8, 4) is 0 Å². The van der Waals surface area contributed by atoms with Crippen LogP contribution in [-0.4, -0.2) is 41.9 Å². The van der Waals surface area contributed by atoms with E-state index in [9.17, 15) is 4.79 Å². The Labute approximate surface area is 173 Å². The Kier molecular flexibility index (Phi) is 4.06. The van der Waals surface area contributed by atoms with Crippen LogP contribution >= 0.6 is 0 Å². The first-order valence-electron chi connectivity index (χ1n) is 10.1. The summed E-state index contributed by atoms with van der Waals surface area (Å²) in [6.45, 7) is 8.40. The first-order valence-corrected chi connectivity index (χ1v) is 10.1. The van der Waals surface area contributed by atoms with Gasteiger partial charge < -0.3 is 14.3 Å². The third-order valence-corrected chi connectivity index (χ3v) is 5.49. The summed E-state index contributed by atoms with van der Waals surface area (Å²) in [7, 11) is 0. The van der Waals surface area contributed by atoms with Gasteiger partial charge in [-0.2, -0.15) is 5.10 Å². The van der Waals surface area contributed by atoms with Gasteiger partial charge in [-0.1, -0.05) is 26.8 Å². The largest absolute Gasteiger partial charge is 0.435 e. The van der Waals surface area contributed by atoms with Gasteiger partial charge in [0.25, 0.3) is 5.91 Å². The number of hydrogen-bond donors (Lipinski definition) is 1. The second kappa shape index (κ2) is 6.55. The maximum atomic E-state index is 13.6. The van der Waals surface area contributed by atoms with E-state index >= 15 is 0 Å². The van der Waals surface area contributed by atoms with E-state index in [0.29, 0.717) is 24.6 Å². The number of nitrogens with one attached hydrogen (secondary N) is 1. The highest BCUT2D eigenvalue weighted by atomic mass is 16.4. The summed E-state index contributed by atoms with van der Waals surface area (Å²) in [5, 5.41) is 4.73. The number of H-pyrrole nitrogens is 1. The topological polar surface area (TPSA) is 92.3 Å². The van der Waals surface area contributed by atoms with Gasteiger partial charge in [0.2, 0.25) is 11.7 Å². The molecule has 0 aromatic carbocycles. The first-order chi connectivity index (χ1) is 14.3. The Morgan fingerprint density at radius 2 is 2.13 bits per heavy atom. The molecule has 8 heteroatoms. The number of pyridine rings is 1. The number of nitrogens with zero attached hydrogens (tertiary/aromatic N) is 5. The van der Waals surface area contributed by atoms with Gasteiger partial charge in [0.1, 0.15) is 6.04 Å². The standard InChI is InChI=1S/C22H24N6O2/c1-13-19(30-21(25-13)22(2,3)4)20(29)27-10-8-15-17(24-12-23-15)18(27)16-11-14-7-5-6-9-28(14)26-16/h5-7,9,11-12,18H,8,10H2,1-4H3,(H,23,24)/t18-/m1/s1. The number of rotatable bonds is 2. The second-order valence-corrected chi connectivity index (χ2v) is 8.74. The van der Waals surface area contributed by atoms with Crippen LogP contribution in [0, 0.1) is 6.92 Å². The van der Waals surface area contributed by atoms with Crippen molar-refractivity contribution in [2.24, 2.45) is 0 Å². The Bertz CT molecular complexity index is 1210. The summed E-state index contributed by atoms with van der Waals surface area (Å²) in [5.41, 5.74) is 3.93. The molecule has 0 bridgehead atoms. The Morgan fingerprint density at radius 3 is 2.87 bits per heavy atom. The molecule has 4 aromatic rings. The van der Waals surface area contributed by atoms with Gasteiger partial charge in [-0.3, -0.25) is 4.79 Å². The van der Waals surface area contributed by atoms with Crippen molar-refractivity contribution in [1.29, 1.82) is 0 Å². The van der Waals surface area contributed by atoms with Crippen LogP contribution in [0.2, 0.25) is 0 Å². The molecule has 8 nitrogen and oxygen atoms in total. The Balaban J connectivity index is 1.60. The Morgan fingerprint density at radius 1 is 1.30 bits per heavy atom. The number of aryl methyl sites for hydroxylation is 1. The smallest absolute Gasteiger partial charge is 0.292 e. The molecule has 0 radical (unpaired) electrons. The van der Waals surface area contributed by atoms with E-state index < -0.39 is 6.04 Å². The van der Waals surface area contributed by atoms with E-state index in [0.717, 1.165) is 22.6 Å². The number of carbonyl (C=O) groups excluding carboxylic acids is 1. The molecular weight excluding hydrogens is 380 g/mol. The number of aromatic nitrogens is 5. The fraction of sp³-hybridized carbons (Fsp3) is 0.364. The highest BCUT2D eigenvalue weighted by Crippen LogP contribution is 2.35. The lowest BCUT2D eigenvalue weighted by Crippen LogP contribution is -2.41. The minimum atomic E-state index is -0.394. The molecule has 0 fully saturated rings. The van der Waals surface area contributed by atoms with Gasteiger partial charge in [-0.15, -0.1) is 0 Å². The minimum absolute atomic E-state index is 0.189. The monoisotopic (exact) mass is 404 g/mol. The van der Waals surface area contributed by atoms with Gasteiger partial charge in [0.05, 0.1) is 28.9 Å². The van der Waals surface area contributed by atoms with E-state index in [1.165, 1.54) is 0 Å². The van der Waals surface area contributed by atoms with Crippen LogP contribution in [0.4, 0.5) is 0 Å². The number of carbonyl (C=O) groups is 1. The van der Waals surface area contributed by atoms with Gasteiger partial charge in [0, 0.05) is 30.3 Å². The van der Waals surface area contributed by atoms with Crippen molar-refractivity contribution in [3.63, 3.8) is 0 Å². The predicted octanol–water partition coefficient (Wildman–Crippen LogP) is 3.44. The lowest BCUT2D eigenvalue weighted by molar-refractivity contribution is 0.0649. The Hall–Kier alpha value is -3.42. The van der Waals surface area contributed by atoms with Gasteiger partial charge in [-0.25, -0.2) is 14.5 Å². The van der Waals surface area contributed by atoms with E-state index in [4.69, 9.17) is 9.52 Å². The molecule has 1 aliphatic rings. The predicted molar refractivity (Wildman–Crippen MR) is 110 cm³/mol. The zero-order chi connectivity index (χ0) is 21.0. The number of fused-ring (bicyclic) bond motifs is 2. The number of oxazole rings is 1. The average Bonchev–Trinajstić information content (AvgIpc) is 3.43. The molecule has 0 aliphatic carbocycles. The zero-order valence-electron chi connectivity index (χ0n) is 17.5. The maximum Gasteiger partial charge on any atom is 0.292 e. The van der Waals surface area contributed by atoms with E-state index in [1.54, 1.807) is 11.2 Å². The molecule has 0 saturated heterocycles. The number of imidazole rings is 1. The highest BCUT2D eigenvalue weighted by Gasteiger charge is 2.38. The third-order valence-electron chi connectivity index (χ3n) is 5.49. The van der Waals surface area contributed by atoms with Crippen LogP contribution in [0.25, 0.3) is 5.52 Å². The summed E-state index contributed by atoms with van der Waals surface area (Å²) in [6, 6.07) is 7.50. The quantitative estimate of drug-likeness (QED) is 0.552. The van der Waals surface area contributed by atoms with E-state index in [1.807, 2.05) is 62.7 Å². The van der Waals surface area contributed by atoms with Crippen molar-refractivity contribution in [2.45, 2.75) is 45.6 Å². The molecule has 0 unspecified atom stereocenters. The van der Waals surface area contributed by atoms with Crippen molar-refractivity contribution in [1.82, 2.24) is 29.5 Å². The molecular formula is C22H24N6O2. The van der Waals surface area contributed by atoms with E-state index in [2.05, 4.69) is 15.0 Å². The molecule has 1 N–H and O–H groups in total. The molecule has 0 saturated carbocycles. The van der Waals surface area contributed by atoms with Crippen molar-refractivity contribution in [3.05, 3.63) is 71.2 Å². The van der Waals surface area contributed by atoms with Crippen molar-refractivity contribution in [2.75, 3.05) is 6.54 Å². The van der Waals surface area contributed by atoms with Crippen molar-refractivity contribution >= 4 is 11.4 Å². The van der Waals surface area contributed by atoms with Gasteiger partial charge in [-0.05, 0) is 25.1 Å². The number of amides is 1. The van der Waals surface area contributed by atoms with E-state index in [-0.39, 0.29) is 17.1 Å². The normalized spacial score (nSPS) is 16.8. The molecule has 1 amide bonds. The summed E-state index contributed by atoms with van der Waals surface area (Å²) in [4.78, 5) is 27.7. The lowest BCUT2D eigenvalue weighted by Gasteiger charge is -2.33. The fourth-order valence-corrected chi connectivity index (χ4v) is 3.93. The van der Waals surface area contributed by atoms with Crippen molar-refractivity contribution < 1.29 is 9.21 Å². The van der Waals surface area contributed by atoms with Crippen LogP contribution < -0.4 is 0 Å². The molecule has 0 spiro atoms. The van der Waals surface area contributed by atoms with Crippen LogP contribution in [0.15, 0.2) is 41.2 Å². The van der Waals surface area contributed by atoms with Crippen LogP contribution in [-0.2, 0) is 11.8 Å². The molecule has 30 heavy (non-hydrogen) atoms. The van der Waals surface area contributed by atoms with Gasteiger partial charge >= 0.3 is 0 Å². The van der Waals surface area contributed by atoms with Gasteiger partial charge in [0.15, 0.2) is 0 Å². The highest BCUT2D eigenvalue weighted by molar-refractivity contribution is 5.93. The van der Waals surface area contributed by atoms with Crippen LogP contribution in [0.3, 0.4) is 0 Å². The molecule has 5 rings (SSSR count). The summed E-state index contributed by atoms with van der Waals surface area (Å²) in [5.74, 6) is 0.656. The number of hydrogen-bond acceptors (Lipinski definition) is 5. The first kappa shape index (κ1) is 18.6. The summed E-state index contributed by atoms with van der Waals surface area (Å²) >= 11 is 0. The summed E-state index contributed by atoms with van der Waals surface area (Å²) in [6.07, 6.45) is 4.28. The lowest BCUT2D eigenvalue weighted by atomic mass is 9.97.